The molecular weight excluding hydrogens is 436 g/mol. The number of sulfonamides is 1. The number of piperidine rings is 1. The molecule has 2 aliphatic heterocycles. The molecule has 2 aromatic carbocycles. The van der Waals surface area contributed by atoms with Gasteiger partial charge in [-0.05, 0) is 37.8 Å². The number of rotatable bonds is 4. The van der Waals surface area contributed by atoms with Gasteiger partial charge in [0.1, 0.15) is 0 Å². The molecule has 3 aliphatic rings. The molecule has 1 fully saturated rings. The van der Waals surface area contributed by atoms with Gasteiger partial charge in [-0.15, -0.1) is 0 Å². The molecule has 2 atom stereocenters. The van der Waals surface area contributed by atoms with Gasteiger partial charge in [-0.1, -0.05) is 36.4 Å². The minimum Gasteiger partial charge on any atom is -0.377 e. The van der Waals surface area contributed by atoms with Crippen LogP contribution in [-0.2, 0) is 14.8 Å². The molecule has 2 aromatic rings. The predicted octanol–water partition coefficient (Wildman–Crippen LogP) is 3.47. The van der Waals surface area contributed by atoms with E-state index in [1.807, 2.05) is 55.5 Å². The van der Waals surface area contributed by atoms with E-state index in [1.54, 1.807) is 15.4 Å². The van der Waals surface area contributed by atoms with Crippen LogP contribution in [0.2, 0.25) is 0 Å². The molecule has 7 nitrogen and oxygen atoms in total. The van der Waals surface area contributed by atoms with Crippen molar-refractivity contribution >= 4 is 38.6 Å². The number of allylic oxidation sites excluding steroid dienone is 2. The number of fused-ring (bicyclic) bond motifs is 2. The molecule has 1 saturated heterocycles. The number of amides is 1. The van der Waals surface area contributed by atoms with E-state index in [4.69, 9.17) is 0 Å². The van der Waals surface area contributed by atoms with Gasteiger partial charge >= 0.3 is 0 Å². The summed E-state index contributed by atoms with van der Waals surface area (Å²) in [6.45, 7) is 0.758. The van der Waals surface area contributed by atoms with E-state index in [9.17, 15) is 13.2 Å². The number of carbonyl (C=O) groups excluding carboxylic acids is 1. The summed E-state index contributed by atoms with van der Waals surface area (Å²) in [6, 6.07) is 11.2. The van der Waals surface area contributed by atoms with Crippen molar-refractivity contribution in [2.45, 2.75) is 36.6 Å². The highest BCUT2D eigenvalue weighted by Crippen LogP contribution is 2.35. The van der Waals surface area contributed by atoms with Crippen LogP contribution in [0.15, 0.2) is 58.5 Å². The average molecular weight is 467 g/mol. The quantitative estimate of drug-likeness (QED) is 0.647. The SMILES string of the molecule is CN(C)c1cccc2c(S(=O)(=O)N3CCC(N4N=CC5CC=CCC5C4=O)CC3)cccc12. The van der Waals surface area contributed by atoms with Gasteiger partial charge in [0.15, 0.2) is 0 Å². The normalized spacial score (nSPS) is 24.3. The third-order valence-electron chi connectivity index (χ3n) is 7.14. The van der Waals surface area contributed by atoms with E-state index in [-0.39, 0.29) is 23.8 Å². The Bertz CT molecular complexity index is 1230. The van der Waals surface area contributed by atoms with Gasteiger partial charge < -0.3 is 4.90 Å². The average Bonchev–Trinajstić information content (AvgIpc) is 2.83. The van der Waals surface area contributed by atoms with E-state index in [2.05, 4.69) is 17.3 Å². The minimum atomic E-state index is -3.65. The summed E-state index contributed by atoms with van der Waals surface area (Å²) in [5.74, 6) is 0.242. The van der Waals surface area contributed by atoms with Crippen molar-refractivity contribution < 1.29 is 13.2 Å². The molecule has 174 valence electrons. The van der Waals surface area contributed by atoms with Crippen LogP contribution in [0.25, 0.3) is 10.8 Å². The van der Waals surface area contributed by atoms with Crippen molar-refractivity contribution in [3.05, 3.63) is 48.6 Å². The summed E-state index contributed by atoms with van der Waals surface area (Å²) in [5, 5.41) is 7.77. The molecule has 1 aliphatic carbocycles. The highest BCUT2D eigenvalue weighted by atomic mass is 32.2. The van der Waals surface area contributed by atoms with E-state index in [0.717, 1.165) is 29.3 Å². The Hall–Kier alpha value is -2.71. The number of carbonyl (C=O) groups is 1. The van der Waals surface area contributed by atoms with Crippen LogP contribution in [0.1, 0.15) is 25.7 Å². The van der Waals surface area contributed by atoms with Gasteiger partial charge in [-0.3, -0.25) is 4.79 Å². The highest BCUT2D eigenvalue weighted by Gasteiger charge is 2.40. The Kier molecular flexibility index (Phi) is 5.74. The number of benzene rings is 2. The molecule has 0 N–H and O–H groups in total. The van der Waals surface area contributed by atoms with Gasteiger partial charge in [0.05, 0.1) is 16.9 Å². The highest BCUT2D eigenvalue weighted by molar-refractivity contribution is 7.89. The van der Waals surface area contributed by atoms with Crippen molar-refractivity contribution in [2.24, 2.45) is 16.9 Å². The van der Waals surface area contributed by atoms with Crippen LogP contribution in [0.3, 0.4) is 0 Å². The van der Waals surface area contributed by atoms with E-state index < -0.39 is 10.0 Å². The lowest BCUT2D eigenvalue weighted by molar-refractivity contribution is -0.141. The molecule has 2 heterocycles. The maximum atomic E-state index is 13.6. The van der Waals surface area contributed by atoms with Gasteiger partial charge in [-0.2, -0.15) is 9.41 Å². The first-order valence-electron chi connectivity index (χ1n) is 11.6. The summed E-state index contributed by atoms with van der Waals surface area (Å²) < 4.78 is 28.8. The molecule has 0 spiro atoms. The second kappa shape index (κ2) is 8.57. The fourth-order valence-corrected chi connectivity index (χ4v) is 6.96. The van der Waals surface area contributed by atoms with Crippen LogP contribution in [0, 0.1) is 11.8 Å². The number of hydrazone groups is 1. The van der Waals surface area contributed by atoms with Crippen LogP contribution in [0.4, 0.5) is 5.69 Å². The minimum absolute atomic E-state index is 0.0316. The lowest BCUT2D eigenvalue weighted by Gasteiger charge is -2.40. The number of hydrogen-bond acceptors (Lipinski definition) is 5. The fourth-order valence-electron chi connectivity index (χ4n) is 5.29. The van der Waals surface area contributed by atoms with Crippen molar-refractivity contribution in [1.29, 1.82) is 0 Å². The molecule has 5 rings (SSSR count). The first-order valence-corrected chi connectivity index (χ1v) is 13.0. The first-order chi connectivity index (χ1) is 15.9. The van der Waals surface area contributed by atoms with Crippen LogP contribution < -0.4 is 4.90 Å². The third-order valence-corrected chi connectivity index (χ3v) is 9.09. The number of nitrogens with zero attached hydrogens (tertiary/aromatic N) is 4. The van der Waals surface area contributed by atoms with Crippen molar-refractivity contribution in [3.8, 4) is 0 Å². The number of hydrogen-bond donors (Lipinski definition) is 0. The monoisotopic (exact) mass is 466 g/mol. The number of anilines is 1. The molecule has 0 bridgehead atoms. The molecule has 8 heteroatoms. The Morgan fingerprint density at radius 2 is 1.67 bits per heavy atom. The summed E-state index contributed by atoms with van der Waals surface area (Å²) >= 11 is 0. The van der Waals surface area contributed by atoms with Gasteiger partial charge in [0.25, 0.3) is 0 Å². The van der Waals surface area contributed by atoms with E-state index in [0.29, 0.717) is 30.8 Å². The molecule has 0 aromatic heterocycles. The molecule has 1 amide bonds. The third kappa shape index (κ3) is 3.85. The largest absolute Gasteiger partial charge is 0.377 e. The zero-order valence-corrected chi connectivity index (χ0v) is 19.9. The smallest absolute Gasteiger partial charge is 0.246 e. The zero-order valence-electron chi connectivity index (χ0n) is 19.1. The zero-order chi connectivity index (χ0) is 23.2. The maximum absolute atomic E-state index is 13.6. The Balaban J connectivity index is 1.35. The fraction of sp³-hybridized carbons (Fsp3) is 0.440. The molecule has 0 saturated carbocycles. The van der Waals surface area contributed by atoms with Gasteiger partial charge in [0.2, 0.25) is 15.9 Å². The van der Waals surface area contributed by atoms with Crippen molar-refractivity contribution in [1.82, 2.24) is 9.31 Å². The topological polar surface area (TPSA) is 73.3 Å². The summed E-state index contributed by atoms with van der Waals surface area (Å²) in [5.41, 5.74) is 0.987. The van der Waals surface area contributed by atoms with Crippen molar-refractivity contribution in [2.75, 3.05) is 32.1 Å². The van der Waals surface area contributed by atoms with Crippen LogP contribution >= 0.6 is 0 Å². The molecule has 33 heavy (non-hydrogen) atoms. The van der Waals surface area contributed by atoms with Crippen LogP contribution in [-0.4, -0.2) is 63.1 Å². The summed E-state index contributed by atoms with van der Waals surface area (Å²) in [6.07, 6.45) is 8.91. The standard InChI is InChI=1S/C25H30N4O3S/c1-27(2)23-11-5-10-22-21(23)9-6-12-24(22)33(31,32)28-15-13-19(14-16-28)29-25(30)20-8-4-3-7-18(20)17-26-29/h3-6,9-12,17-20H,7-8,13-16H2,1-2H3. The maximum Gasteiger partial charge on any atom is 0.246 e. The molecule has 2 unspecified atom stereocenters. The summed E-state index contributed by atoms with van der Waals surface area (Å²) in [7, 11) is 0.257. The van der Waals surface area contributed by atoms with Crippen molar-refractivity contribution in [3.63, 3.8) is 0 Å². The molecular formula is C25H30N4O3S. The van der Waals surface area contributed by atoms with E-state index >= 15 is 0 Å². The first kappa shape index (κ1) is 22.1. The van der Waals surface area contributed by atoms with Crippen LogP contribution in [0.5, 0.6) is 0 Å². The lowest BCUT2D eigenvalue weighted by atomic mass is 9.82. The van der Waals surface area contributed by atoms with Gasteiger partial charge in [-0.25, -0.2) is 13.4 Å². The second-order valence-electron chi connectivity index (χ2n) is 9.32. The Morgan fingerprint density at radius 3 is 2.42 bits per heavy atom. The Morgan fingerprint density at radius 1 is 0.970 bits per heavy atom. The van der Waals surface area contributed by atoms with E-state index in [1.165, 1.54) is 0 Å². The molecule has 0 radical (unpaired) electrons. The predicted molar refractivity (Wildman–Crippen MR) is 131 cm³/mol. The summed E-state index contributed by atoms with van der Waals surface area (Å²) in [4.78, 5) is 15.4. The lowest BCUT2D eigenvalue weighted by Crippen LogP contribution is -2.51. The second-order valence-corrected chi connectivity index (χ2v) is 11.2. The Labute approximate surface area is 195 Å². The van der Waals surface area contributed by atoms with Gasteiger partial charge in [0, 0.05) is 55.8 Å².